The van der Waals surface area contributed by atoms with E-state index in [1.54, 1.807) is 0 Å². The maximum atomic E-state index is 12.4. The predicted octanol–water partition coefficient (Wildman–Crippen LogP) is 3.82. The minimum atomic E-state index is -0.419. The Morgan fingerprint density at radius 2 is 1.80 bits per heavy atom. The fraction of sp³-hybridized carbons (Fsp3) is 0.286. The molecule has 0 aliphatic rings. The zero-order valence-electron chi connectivity index (χ0n) is 14.7. The number of fused-ring (bicyclic) bond motifs is 1. The lowest BCUT2D eigenvalue weighted by Gasteiger charge is -2.26. The van der Waals surface area contributed by atoms with Crippen molar-refractivity contribution in [2.75, 3.05) is 6.61 Å². The SMILES string of the molecule is CC(C)(COCc1ccccc1)NC(=O)Cc1c[nH]c2ccccc12. The number of para-hydroxylation sites is 1. The third kappa shape index (κ3) is 4.70. The Balaban J connectivity index is 1.52. The van der Waals surface area contributed by atoms with Crippen LogP contribution in [0.4, 0.5) is 0 Å². The van der Waals surface area contributed by atoms with Crippen molar-refractivity contribution in [2.24, 2.45) is 0 Å². The number of nitrogens with one attached hydrogen (secondary N) is 2. The van der Waals surface area contributed by atoms with Gasteiger partial charge in [-0.1, -0.05) is 48.5 Å². The molecule has 0 bridgehead atoms. The maximum Gasteiger partial charge on any atom is 0.224 e. The molecule has 0 unspecified atom stereocenters. The van der Waals surface area contributed by atoms with Crippen LogP contribution in [-0.2, 0) is 22.6 Å². The second-order valence-corrected chi connectivity index (χ2v) is 6.95. The Hall–Kier alpha value is -2.59. The van der Waals surface area contributed by atoms with Gasteiger partial charge in [0.05, 0.1) is 25.2 Å². The van der Waals surface area contributed by atoms with E-state index in [0.29, 0.717) is 19.6 Å². The fourth-order valence-corrected chi connectivity index (χ4v) is 2.91. The van der Waals surface area contributed by atoms with E-state index in [9.17, 15) is 4.79 Å². The zero-order valence-corrected chi connectivity index (χ0v) is 14.7. The van der Waals surface area contributed by atoms with Crippen molar-refractivity contribution in [2.45, 2.75) is 32.4 Å². The molecule has 0 atom stereocenters. The molecule has 25 heavy (non-hydrogen) atoms. The summed E-state index contributed by atoms with van der Waals surface area (Å²) in [5.74, 6) is -0.00179. The first-order chi connectivity index (χ1) is 12.0. The summed E-state index contributed by atoms with van der Waals surface area (Å²) in [5.41, 5.74) is 2.77. The summed E-state index contributed by atoms with van der Waals surface area (Å²) in [7, 11) is 0. The smallest absolute Gasteiger partial charge is 0.224 e. The molecule has 1 heterocycles. The first-order valence-corrected chi connectivity index (χ1v) is 8.51. The van der Waals surface area contributed by atoms with Crippen LogP contribution >= 0.6 is 0 Å². The highest BCUT2D eigenvalue weighted by Crippen LogP contribution is 2.18. The van der Waals surface area contributed by atoms with Gasteiger partial charge in [-0.05, 0) is 31.0 Å². The molecule has 1 aromatic heterocycles. The number of aromatic nitrogens is 1. The highest BCUT2D eigenvalue weighted by atomic mass is 16.5. The van der Waals surface area contributed by atoms with Crippen LogP contribution in [0.2, 0.25) is 0 Å². The van der Waals surface area contributed by atoms with Gasteiger partial charge in [0, 0.05) is 17.1 Å². The maximum absolute atomic E-state index is 12.4. The third-order valence-corrected chi connectivity index (χ3v) is 4.08. The number of carbonyl (C=O) groups excluding carboxylic acids is 1. The standard InChI is InChI=1S/C21H24N2O2/c1-21(2,15-25-14-16-8-4-3-5-9-16)23-20(24)12-17-13-22-19-11-7-6-10-18(17)19/h3-11,13,22H,12,14-15H2,1-2H3,(H,23,24). The Morgan fingerprint density at radius 1 is 1.08 bits per heavy atom. The topological polar surface area (TPSA) is 54.1 Å². The van der Waals surface area contributed by atoms with E-state index in [1.165, 1.54) is 0 Å². The molecule has 0 aliphatic heterocycles. The zero-order chi connectivity index (χ0) is 17.7. The molecule has 0 saturated carbocycles. The molecule has 2 N–H and O–H groups in total. The van der Waals surface area contributed by atoms with Crippen molar-refractivity contribution >= 4 is 16.8 Å². The van der Waals surface area contributed by atoms with E-state index in [1.807, 2.05) is 74.6 Å². The molecule has 4 nitrogen and oxygen atoms in total. The van der Waals surface area contributed by atoms with E-state index >= 15 is 0 Å². The first kappa shape index (κ1) is 17.2. The van der Waals surface area contributed by atoms with Crippen LogP contribution in [0.3, 0.4) is 0 Å². The lowest BCUT2D eigenvalue weighted by atomic mass is 10.1. The van der Waals surface area contributed by atoms with Gasteiger partial charge in [-0.2, -0.15) is 0 Å². The fourth-order valence-electron chi connectivity index (χ4n) is 2.91. The highest BCUT2D eigenvalue weighted by molar-refractivity contribution is 5.89. The molecule has 3 aromatic rings. The van der Waals surface area contributed by atoms with Crippen molar-refractivity contribution in [1.82, 2.24) is 10.3 Å². The Bertz CT molecular complexity index is 837. The number of H-pyrrole nitrogens is 1. The van der Waals surface area contributed by atoms with E-state index < -0.39 is 5.54 Å². The van der Waals surface area contributed by atoms with Gasteiger partial charge in [-0.3, -0.25) is 4.79 Å². The number of aromatic amines is 1. The predicted molar refractivity (Wildman–Crippen MR) is 100 cm³/mol. The summed E-state index contributed by atoms with van der Waals surface area (Å²) in [5, 5.41) is 4.16. The lowest BCUT2D eigenvalue weighted by Crippen LogP contribution is -2.47. The third-order valence-electron chi connectivity index (χ3n) is 4.08. The molecule has 0 spiro atoms. The first-order valence-electron chi connectivity index (χ1n) is 8.51. The number of carbonyl (C=O) groups is 1. The minimum absolute atomic E-state index is 0.00179. The number of hydrogen-bond acceptors (Lipinski definition) is 2. The second-order valence-electron chi connectivity index (χ2n) is 6.95. The van der Waals surface area contributed by atoms with Crippen molar-refractivity contribution < 1.29 is 9.53 Å². The van der Waals surface area contributed by atoms with E-state index in [2.05, 4.69) is 10.3 Å². The molecular formula is C21H24N2O2. The summed E-state index contributed by atoms with van der Waals surface area (Å²) >= 11 is 0. The van der Waals surface area contributed by atoms with Crippen LogP contribution in [0.5, 0.6) is 0 Å². The van der Waals surface area contributed by atoms with Crippen molar-refractivity contribution in [1.29, 1.82) is 0 Å². The molecule has 1 amide bonds. The molecule has 3 rings (SSSR count). The van der Waals surface area contributed by atoms with Crippen LogP contribution in [-0.4, -0.2) is 23.0 Å². The number of benzene rings is 2. The van der Waals surface area contributed by atoms with E-state index in [0.717, 1.165) is 22.0 Å². The van der Waals surface area contributed by atoms with E-state index in [4.69, 9.17) is 4.74 Å². The van der Waals surface area contributed by atoms with Gasteiger partial charge < -0.3 is 15.0 Å². The molecular weight excluding hydrogens is 312 g/mol. The average molecular weight is 336 g/mol. The Kier molecular flexibility index (Phi) is 5.19. The van der Waals surface area contributed by atoms with Gasteiger partial charge in [-0.25, -0.2) is 0 Å². The number of ether oxygens (including phenoxy) is 1. The average Bonchev–Trinajstić information content (AvgIpc) is 2.98. The minimum Gasteiger partial charge on any atom is -0.374 e. The Morgan fingerprint density at radius 3 is 2.60 bits per heavy atom. The monoisotopic (exact) mass is 336 g/mol. The molecule has 0 fully saturated rings. The number of rotatable bonds is 7. The summed E-state index contributed by atoms with van der Waals surface area (Å²) < 4.78 is 5.77. The van der Waals surface area contributed by atoms with Crippen LogP contribution in [0.25, 0.3) is 10.9 Å². The summed E-state index contributed by atoms with van der Waals surface area (Å²) in [4.78, 5) is 15.6. The largest absolute Gasteiger partial charge is 0.374 e. The normalized spacial score (nSPS) is 11.6. The summed E-state index contributed by atoms with van der Waals surface area (Å²) in [6.07, 6.45) is 2.26. The number of hydrogen-bond donors (Lipinski definition) is 2. The van der Waals surface area contributed by atoms with Gasteiger partial charge in [0.2, 0.25) is 5.91 Å². The van der Waals surface area contributed by atoms with Crippen LogP contribution < -0.4 is 5.32 Å². The molecule has 0 saturated heterocycles. The van der Waals surface area contributed by atoms with Gasteiger partial charge in [0.1, 0.15) is 0 Å². The summed E-state index contributed by atoms with van der Waals surface area (Å²) in [6.45, 7) is 4.96. The van der Waals surface area contributed by atoms with Gasteiger partial charge in [0.25, 0.3) is 0 Å². The molecule has 4 heteroatoms. The molecule has 2 aromatic carbocycles. The molecule has 130 valence electrons. The van der Waals surface area contributed by atoms with Gasteiger partial charge >= 0.3 is 0 Å². The van der Waals surface area contributed by atoms with Crippen molar-refractivity contribution in [3.63, 3.8) is 0 Å². The quantitative estimate of drug-likeness (QED) is 0.689. The van der Waals surface area contributed by atoms with E-state index in [-0.39, 0.29) is 5.91 Å². The van der Waals surface area contributed by atoms with Gasteiger partial charge in [0.15, 0.2) is 0 Å². The van der Waals surface area contributed by atoms with Crippen molar-refractivity contribution in [3.8, 4) is 0 Å². The Labute approximate surface area is 148 Å². The molecule has 0 radical (unpaired) electrons. The van der Waals surface area contributed by atoms with Crippen LogP contribution in [0, 0.1) is 0 Å². The number of amides is 1. The molecule has 0 aliphatic carbocycles. The highest BCUT2D eigenvalue weighted by Gasteiger charge is 2.21. The second kappa shape index (κ2) is 7.53. The van der Waals surface area contributed by atoms with Crippen LogP contribution in [0.15, 0.2) is 60.8 Å². The van der Waals surface area contributed by atoms with Crippen LogP contribution in [0.1, 0.15) is 25.0 Å². The lowest BCUT2D eigenvalue weighted by molar-refractivity contribution is -0.122. The summed E-state index contributed by atoms with van der Waals surface area (Å²) in [6, 6.07) is 18.0. The van der Waals surface area contributed by atoms with Crippen molar-refractivity contribution in [3.05, 3.63) is 71.9 Å². The van der Waals surface area contributed by atoms with Gasteiger partial charge in [-0.15, -0.1) is 0 Å².